The Kier molecular flexibility index (Phi) is 3.81. The third-order valence-corrected chi connectivity index (χ3v) is 3.65. The monoisotopic (exact) mass is 314 g/mol. The minimum Gasteiger partial charge on any atom is -0.258 e. The number of nitro groups is 1. The van der Waals surface area contributed by atoms with Gasteiger partial charge in [0.15, 0.2) is 0 Å². The summed E-state index contributed by atoms with van der Waals surface area (Å²) in [7, 11) is 0. The third-order valence-electron chi connectivity index (χ3n) is 3.65. The van der Waals surface area contributed by atoms with Crippen LogP contribution in [0.25, 0.3) is 10.9 Å². The van der Waals surface area contributed by atoms with Crippen LogP contribution in [0.1, 0.15) is 25.4 Å². The van der Waals surface area contributed by atoms with Gasteiger partial charge in [-0.25, -0.2) is 9.67 Å². The fourth-order valence-corrected chi connectivity index (χ4v) is 2.60. The molecule has 0 amide bonds. The highest BCUT2D eigenvalue weighted by molar-refractivity contribution is 5.84. The lowest BCUT2D eigenvalue weighted by atomic mass is 10.2. The van der Waals surface area contributed by atoms with Gasteiger partial charge in [0.2, 0.25) is 0 Å². The molecule has 8 nitrogen and oxygen atoms in total. The van der Waals surface area contributed by atoms with Crippen LogP contribution in [0.5, 0.6) is 0 Å². The Morgan fingerprint density at radius 3 is 2.78 bits per heavy atom. The van der Waals surface area contributed by atoms with Gasteiger partial charge in [-0.15, -0.1) is 0 Å². The summed E-state index contributed by atoms with van der Waals surface area (Å²) in [6.45, 7) is 7.37. The Morgan fingerprint density at radius 1 is 1.30 bits per heavy atom. The van der Waals surface area contributed by atoms with E-state index in [1.807, 2.05) is 16.3 Å². The lowest BCUT2D eigenvalue weighted by Gasteiger charge is -2.09. The molecule has 0 saturated carbocycles. The first-order valence-electron chi connectivity index (χ1n) is 7.44. The van der Waals surface area contributed by atoms with Crippen molar-refractivity contribution in [3.63, 3.8) is 0 Å². The van der Waals surface area contributed by atoms with Gasteiger partial charge >= 0.3 is 0 Å². The van der Waals surface area contributed by atoms with Crippen molar-refractivity contribution in [3.8, 4) is 0 Å². The largest absolute Gasteiger partial charge is 0.270 e. The van der Waals surface area contributed by atoms with Crippen molar-refractivity contribution >= 4 is 16.6 Å². The number of aromatic nitrogens is 5. The van der Waals surface area contributed by atoms with Crippen LogP contribution in [-0.2, 0) is 13.1 Å². The number of non-ortho nitro benzene ring substituents is 1. The first kappa shape index (κ1) is 15.1. The molecule has 3 aromatic rings. The Hall–Kier alpha value is -2.77. The Labute approximate surface area is 132 Å². The van der Waals surface area contributed by atoms with Gasteiger partial charge in [-0.1, -0.05) is 13.8 Å². The lowest BCUT2D eigenvalue weighted by Crippen LogP contribution is -2.14. The molecule has 0 atom stereocenters. The smallest absolute Gasteiger partial charge is 0.258 e. The number of hydrogen-bond acceptors (Lipinski definition) is 5. The van der Waals surface area contributed by atoms with Gasteiger partial charge in [-0.2, -0.15) is 10.2 Å². The second-order valence-corrected chi connectivity index (χ2v) is 5.95. The van der Waals surface area contributed by atoms with Crippen molar-refractivity contribution in [2.75, 3.05) is 0 Å². The van der Waals surface area contributed by atoms with Gasteiger partial charge in [0, 0.05) is 24.1 Å². The summed E-state index contributed by atoms with van der Waals surface area (Å²) in [5.74, 6) is 1.29. The molecule has 0 aliphatic carbocycles. The number of aryl methyl sites for hydroxylation is 1. The number of benzene rings is 1. The number of rotatable bonds is 5. The van der Waals surface area contributed by atoms with E-state index in [-0.39, 0.29) is 5.69 Å². The van der Waals surface area contributed by atoms with Gasteiger partial charge in [0.05, 0.1) is 16.1 Å². The number of fused-ring (bicyclic) bond motifs is 1. The molecule has 0 radical (unpaired) electrons. The molecular formula is C15H18N6O2. The predicted molar refractivity (Wildman–Crippen MR) is 85.1 cm³/mol. The lowest BCUT2D eigenvalue weighted by molar-refractivity contribution is -0.384. The molecule has 0 unspecified atom stereocenters. The highest BCUT2D eigenvalue weighted by Crippen LogP contribution is 2.24. The summed E-state index contributed by atoms with van der Waals surface area (Å²) in [6, 6.07) is 4.79. The van der Waals surface area contributed by atoms with E-state index in [0.717, 1.165) is 29.0 Å². The van der Waals surface area contributed by atoms with Crippen LogP contribution in [0, 0.1) is 23.0 Å². The summed E-state index contributed by atoms with van der Waals surface area (Å²) in [4.78, 5) is 14.8. The van der Waals surface area contributed by atoms with E-state index in [2.05, 4.69) is 29.0 Å². The van der Waals surface area contributed by atoms with Crippen molar-refractivity contribution in [2.24, 2.45) is 5.92 Å². The molecule has 0 aliphatic heterocycles. The highest BCUT2D eigenvalue weighted by atomic mass is 16.6. The predicted octanol–water partition coefficient (Wildman–Crippen LogP) is 2.55. The van der Waals surface area contributed by atoms with E-state index < -0.39 is 4.92 Å². The molecule has 2 heterocycles. The van der Waals surface area contributed by atoms with Crippen molar-refractivity contribution in [3.05, 3.63) is 46.2 Å². The minimum atomic E-state index is -0.393. The molecule has 3 rings (SSSR count). The minimum absolute atomic E-state index is 0.0723. The van der Waals surface area contributed by atoms with Crippen molar-refractivity contribution in [1.82, 2.24) is 24.5 Å². The van der Waals surface area contributed by atoms with Gasteiger partial charge in [0.25, 0.3) is 5.69 Å². The molecule has 0 aliphatic rings. The normalized spacial score (nSPS) is 11.5. The number of hydrogen-bond donors (Lipinski definition) is 0. The maximum absolute atomic E-state index is 10.9. The number of nitrogens with zero attached hydrogens (tertiary/aromatic N) is 6. The molecule has 8 heteroatoms. The third kappa shape index (κ3) is 2.92. The summed E-state index contributed by atoms with van der Waals surface area (Å²) in [5.41, 5.74) is 1.69. The molecule has 0 N–H and O–H groups in total. The molecule has 0 spiro atoms. The average Bonchev–Trinajstić information content (AvgIpc) is 3.04. The van der Waals surface area contributed by atoms with Gasteiger partial charge in [0.1, 0.15) is 18.7 Å². The quantitative estimate of drug-likeness (QED) is 0.533. The van der Waals surface area contributed by atoms with E-state index in [4.69, 9.17) is 0 Å². The maximum Gasteiger partial charge on any atom is 0.270 e. The molecule has 0 saturated heterocycles. The summed E-state index contributed by atoms with van der Waals surface area (Å²) in [5, 5.41) is 20.5. The van der Waals surface area contributed by atoms with Crippen molar-refractivity contribution in [2.45, 2.75) is 33.9 Å². The van der Waals surface area contributed by atoms with Crippen LogP contribution in [0.4, 0.5) is 5.69 Å². The van der Waals surface area contributed by atoms with E-state index in [0.29, 0.717) is 12.5 Å². The second-order valence-electron chi connectivity index (χ2n) is 5.95. The molecule has 2 aromatic heterocycles. The van der Waals surface area contributed by atoms with Crippen LogP contribution in [0.2, 0.25) is 0 Å². The van der Waals surface area contributed by atoms with Crippen LogP contribution >= 0.6 is 0 Å². The molecule has 0 fully saturated rings. The SMILES string of the molecule is Cc1nn(Cc2ncnn2CC(C)C)c2ccc([N+](=O)[O-])cc12. The number of nitro benzene ring substituents is 1. The van der Waals surface area contributed by atoms with E-state index in [1.54, 1.807) is 18.5 Å². The summed E-state index contributed by atoms with van der Waals surface area (Å²) >= 11 is 0. The van der Waals surface area contributed by atoms with Crippen LogP contribution < -0.4 is 0 Å². The molecule has 1 aromatic carbocycles. The molecule has 0 bridgehead atoms. The van der Waals surface area contributed by atoms with Crippen LogP contribution in [-0.4, -0.2) is 29.5 Å². The second kappa shape index (κ2) is 5.79. The molecular weight excluding hydrogens is 296 g/mol. The Bertz CT molecular complexity index is 864. The van der Waals surface area contributed by atoms with Gasteiger partial charge in [-0.05, 0) is 18.9 Å². The topological polar surface area (TPSA) is 91.7 Å². The maximum atomic E-state index is 10.9. The van der Waals surface area contributed by atoms with E-state index >= 15 is 0 Å². The first-order valence-corrected chi connectivity index (χ1v) is 7.44. The Balaban J connectivity index is 1.98. The highest BCUT2D eigenvalue weighted by Gasteiger charge is 2.15. The van der Waals surface area contributed by atoms with E-state index in [9.17, 15) is 10.1 Å². The van der Waals surface area contributed by atoms with Crippen molar-refractivity contribution in [1.29, 1.82) is 0 Å². The molecule has 23 heavy (non-hydrogen) atoms. The fourth-order valence-electron chi connectivity index (χ4n) is 2.60. The summed E-state index contributed by atoms with van der Waals surface area (Å²) in [6.07, 6.45) is 1.54. The summed E-state index contributed by atoms with van der Waals surface area (Å²) < 4.78 is 3.69. The first-order chi connectivity index (χ1) is 11.0. The Morgan fingerprint density at radius 2 is 2.09 bits per heavy atom. The zero-order chi connectivity index (χ0) is 16.6. The zero-order valence-corrected chi connectivity index (χ0v) is 13.3. The fraction of sp³-hybridized carbons (Fsp3) is 0.400. The zero-order valence-electron chi connectivity index (χ0n) is 13.3. The average molecular weight is 314 g/mol. The van der Waals surface area contributed by atoms with Crippen molar-refractivity contribution < 1.29 is 4.92 Å². The van der Waals surface area contributed by atoms with Crippen LogP contribution in [0.15, 0.2) is 24.5 Å². The van der Waals surface area contributed by atoms with Gasteiger partial charge < -0.3 is 0 Å². The standard InChI is InChI=1S/C15H18N6O2/c1-10(2)7-20-15(16-9-17-20)8-19-14-5-4-12(21(22)23)6-13(14)11(3)18-19/h4-6,9-10H,7-8H2,1-3H3. The van der Waals surface area contributed by atoms with Crippen LogP contribution in [0.3, 0.4) is 0 Å². The molecule has 120 valence electrons. The van der Waals surface area contributed by atoms with Gasteiger partial charge in [-0.3, -0.25) is 14.8 Å². The van der Waals surface area contributed by atoms with E-state index in [1.165, 1.54) is 6.07 Å².